The molecule has 0 saturated heterocycles. The molecule has 0 aliphatic heterocycles. The van der Waals surface area contributed by atoms with Crippen LogP contribution in [0.3, 0.4) is 0 Å². The predicted molar refractivity (Wildman–Crippen MR) is 83.2 cm³/mol. The summed E-state index contributed by atoms with van der Waals surface area (Å²) in [5.41, 5.74) is 1.05. The molecule has 0 radical (unpaired) electrons. The minimum atomic E-state index is 0.145. The summed E-state index contributed by atoms with van der Waals surface area (Å²) in [5.74, 6) is 1.64. The lowest BCUT2D eigenvalue weighted by Crippen LogP contribution is -2.23. The molecule has 0 bridgehead atoms. The van der Waals surface area contributed by atoms with Crippen molar-refractivity contribution in [3.63, 3.8) is 0 Å². The Morgan fingerprint density at radius 2 is 2.10 bits per heavy atom. The molecule has 2 N–H and O–H groups in total. The van der Waals surface area contributed by atoms with E-state index in [1.165, 1.54) is 0 Å². The number of allylic oxidation sites excluding steroid dienone is 1. The summed E-state index contributed by atoms with van der Waals surface area (Å²) in [6.07, 6.45) is 2.57. The van der Waals surface area contributed by atoms with Crippen molar-refractivity contribution < 1.29 is 19.3 Å². The van der Waals surface area contributed by atoms with Crippen molar-refractivity contribution in [2.75, 3.05) is 46.6 Å². The van der Waals surface area contributed by atoms with Gasteiger partial charge in [0.15, 0.2) is 0 Å². The fourth-order valence-electron chi connectivity index (χ4n) is 1.80. The van der Waals surface area contributed by atoms with Crippen molar-refractivity contribution in [2.45, 2.75) is 6.42 Å². The second kappa shape index (κ2) is 11.1. The first kappa shape index (κ1) is 17.5. The number of rotatable bonds is 12. The molecule has 21 heavy (non-hydrogen) atoms. The molecule has 1 rings (SSSR count). The lowest BCUT2D eigenvalue weighted by molar-refractivity contribution is 0.101. The normalized spacial score (nSPS) is 10.4. The van der Waals surface area contributed by atoms with Crippen LogP contribution in [-0.4, -0.2) is 51.7 Å². The number of aliphatic hydroxyl groups is 1. The van der Waals surface area contributed by atoms with Crippen molar-refractivity contribution in [1.29, 1.82) is 0 Å². The van der Waals surface area contributed by atoms with Crippen LogP contribution in [-0.2, 0) is 11.2 Å². The molecule has 0 aromatic heterocycles. The van der Waals surface area contributed by atoms with Gasteiger partial charge < -0.3 is 24.6 Å². The molecule has 0 saturated carbocycles. The van der Waals surface area contributed by atoms with Crippen LogP contribution in [0.15, 0.2) is 30.9 Å². The smallest absolute Gasteiger partial charge is 0.123 e. The number of ether oxygens (including phenoxy) is 3. The molecule has 0 amide bonds. The van der Waals surface area contributed by atoms with Crippen LogP contribution in [0.25, 0.3) is 0 Å². The summed E-state index contributed by atoms with van der Waals surface area (Å²) in [5, 5.41) is 11.6. The largest absolute Gasteiger partial charge is 0.497 e. The second-order valence-corrected chi connectivity index (χ2v) is 4.40. The standard InChI is InChI=1S/C16H25NO4/c1-3-4-14-13-15(19-2)5-6-16(14)21-12-11-20-10-8-17-7-9-18/h3,5-6,13,17-18H,1,4,7-12H2,2H3. The van der Waals surface area contributed by atoms with Gasteiger partial charge in [0.1, 0.15) is 18.1 Å². The Bertz CT molecular complexity index is 409. The molecule has 1 aromatic carbocycles. The van der Waals surface area contributed by atoms with E-state index in [2.05, 4.69) is 11.9 Å². The highest BCUT2D eigenvalue weighted by Crippen LogP contribution is 2.24. The van der Waals surface area contributed by atoms with Crippen LogP contribution in [0.2, 0.25) is 0 Å². The third kappa shape index (κ3) is 7.13. The number of hydrogen-bond donors (Lipinski definition) is 2. The zero-order chi connectivity index (χ0) is 15.3. The van der Waals surface area contributed by atoms with Gasteiger partial charge in [-0.3, -0.25) is 0 Å². The molecular weight excluding hydrogens is 270 g/mol. The average molecular weight is 295 g/mol. The summed E-state index contributed by atoms with van der Waals surface area (Å²) in [7, 11) is 1.65. The molecule has 118 valence electrons. The fraction of sp³-hybridized carbons (Fsp3) is 0.500. The number of methoxy groups -OCH3 is 1. The summed E-state index contributed by atoms with van der Waals surface area (Å²) in [6, 6.07) is 5.73. The van der Waals surface area contributed by atoms with Crippen molar-refractivity contribution in [1.82, 2.24) is 5.32 Å². The highest BCUT2D eigenvalue weighted by molar-refractivity contribution is 5.41. The van der Waals surface area contributed by atoms with Crippen LogP contribution >= 0.6 is 0 Å². The van der Waals surface area contributed by atoms with E-state index in [0.29, 0.717) is 26.4 Å². The SMILES string of the molecule is C=CCc1cc(OC)ccc1OCCOCCNCCO. The summed E-state index contributed by atoms with van der Waals surface area (Å²) in [6.45, 7) is 6.85. The molecule has 0 atom stereocenters. The van der Waals surface area contributed by atoms with E-state index in [0.717, 1.165) is 30.0 Å². The van der Waals surface area contributed by atoms with Crippen LogP contribution in [0.1, 0.15) is 5.56 Å². The summed E-state index contributed by atoms with van der Waals surface area (Å²) >= 11 is 0. The van der Waals surface area contributed by atoms with Crippen molar-refractivity contribution in [3.8, 4) is 11.5 Å². The van der Waals surface area contributed by atoms with Gasteiger partial charge in [-0.1, -0.05) is 6.08 Å². The Kier molecular flexibility index (Phi) is 9.28. The molecule has 0 spiro atoms. The van der Waals surface area contributed by atoms with Gasteiger partial charge in [-0.05, 0) is 24.6 Å². The first-order chi connectivity index (χ1) is 10.3. The predicted octanol–water partition coefficient (Wildman–Crippen LogP) is 1.40. The van der Waals surface area contributed by atoms with E-state index >= 15 is 0 Å². The zero-order valence-corrected chi connectivity index (χ0v) is 12.6. The van der Waals surface area contributed by atoms with Crippen molar-refractivity contribution in [2.24, 2.45) is 0 Å². The Labute approximate surface area is 126 Å². The maximum absolute atomic E-state index is 8.60. The quantitative estimate of drug-likeness (QED) is 0.451. The number of aliphatic hydroxyl groups excluding tert-OH is 1. The lowest BCUT2D eigenvalue weighted by atomic mass is 10.1. The van der Waals surface area contributed by atoms with Crippen molar-refractivity contribution >= 4 is 0 Å². The summed E-state index contributed by atoms with van der Waals surface area (Å²) in [4.78, 5) is 0. The summed E-state index contributed by atoms with van der Waals surface area (Å²) < 4.78 is 16.4. The van der Waals surface area contributed by atoms with Crippen LogP contribution < -0.4 is 14.8 Å². The van der Waals surface area contributed by atoms with E-state index in [1.807, 2.05) is 24.3 Å². The Morgan fingerprint density at radius 3 is 2.81 bits per heavy atom. The maximum atomic E-state index is 8.60. The molecular formula is C16H25NO4. The Balaban J connectivity index is 2.29. The zero-order valence-electron chi connectivity index (χ0n) is 12.6. The first-order valence-corrected chi connectivity index (χ1v) is 7.11. The van der Waals surface area contributed by atoms with E-state index in [9.17, 15) is 0 Å². The van der Waals surface area contributed by atoms with E-state index in [-0.39, 0.29) is 6.61 Å². The molecule has 5 heteroatoms. The third-order valence-electron chi connectivity index (χ3n) is 2.83. The highest BCUT2D eigenvalue weighted by atomic mass is 16.5. The van der Waals surface area contributed by atoms with Gasteiger partial charge in [0.2, 0.25) is 0 Å². The maximum Gasteiger partial charge on any atom is 0.123 e. The number of benzene rings is 1. The van der Waals surface area contributed by atoms with E-state index in [4.69, 9.17) is 19.3 Å². The van der Waals surface area contributed by atoms with Gasteiger partial charge >= 0.3 is 0 Å². The van der Waals surface area contributed by atoms with Gasteiger partial charge in [-0.25, -0.2) is 0 Å². The molecule has 0 unspecified atom stereocenters. The topological polar surface area (TPSA) is 60.0 Å². The monoisotopic (exact) mass is 295 g/mol. The average Bonchev–Trinajstić information content (AvgIpc) is 2.51. The second-order valence-electron chi connectivity index (χ2n) is 4.40. The third-order valence-corrected chi connectivity index (χ3v) is 2.83. The molecule has 0 heterocycles. The molecule has 0 fully saturated rings. The molecule has 5 nitrogen and oxygen atoms in total. The van der Waals surface area contributed by atoms with Gasteiger partial charge in [-0.15, -0.1) is 6.58 Å². The van der Waals surface area contributed by atoms with Gasteiger partial charge in [0.25, 0.3) is 0 Å². The molecule has 0 aliphatic carbocycles. The highest BCUT2D eigenvalue weighted by Gasteiger charge is 2.04. The minimum absolute atomic E-state index is 0.145. The molecule has 1 aromatic rings. The lowest BCUT2D eigenvalue weighted by Gasteiger charge is -2.12. The number of hydrogen-bond acceptors (Lipinski definition) is 5. The molecule has 0 aliphatic rings. The van der Waals surface area contributed by atoms with Gasteiger partial charge in [0, 0.05) is 18.7 Å². The van der Waals surface area contributed by atoms with Crippen LogP contribution in [0.4, 0.5) is 0 Å². The first-order valence-electron chi connectivity index (χ1n) is 7.11. The van der Waals surface area contributed by atoms with E-state index < -0.39 is 0 Å². The van der Waals surface area contributed by atoms with Gasteiger partial charge in [0.05, 0.1) is 26.9 Å². The Morgan fingerprint density at radius 1 is 1.24 bits per heavy atom. The van der Waals surface area contributed by atoms with E-state index in [1.54, 1.807) is 7.11 Å². The Hall–Kier alpha value is -1.56. The number of nitrogens with one attached hydrogen (secondary N) is 1. The fourth-order valence-corrected chi connectivity index (χ4v) is 1.80. The van der Waals surface area contributed by atoms with Crippen LogP contribution in [0.5, 0.6) is 11.5 Å². The van der Waals surface area contributed by atoms with Gasteiger partial charge in [-0.2, -0.15) is 0 Å². The van der Waals surface area contributed by atoms with Crippen molar-refractivity contribution in [3.05, 3.63) is 36.4 Å². The minimum Gasteiger partial charge on any atom is -0.497 e. The van der Waals surface area contributed by atoms with Crippen LogP contribution in [0, 0.1) is 0 Å².